The monoisotopic (exact) mass is 415 g/mol. The highest BCUT2D eigenvalue weighted by molar-refractivity contribution is 5.83. The number of piperazine rings is 1. The van der Waals surface area contributed by atoms with Gasteiger partial charge in [0.05, 0.1) is 25.2 Å². The molecule has 1 aromatic heterocycles. The molecule has 0 unspecified atom stereocenters. The van der Waals surface area contributed by atoms with E-state index in [-0.39, 0.29) is 5.97 Å². The molecule has 0 spiro atoms. The Hall–Kier alpha value is -2.22. The molecule has 1 aromatic carbocycles. The number of pyridine rings is 1. The molecule has 164 valence electrons. The number of carbonyl (C=O) groups excluding carboxylic acids is 1. The van der Waals surface area contributed by atoms with E-state index >= 15 is 0 Å². The van der Waals surface area contributed by atoms with E-state index in [0.29, 0.717) is 19.5 Å². The Morgan fingerprint density at radius 3 is 2.53 bits per heavy atom. The zero-order valence-corrected chi connectivity index (χ0v) is 18.4. The highest BCUT2D eigenvalue weighted by Gasteiger charge is 2.22. The molecule has 2 heterocycles. The minimum atomic E-state index is -0.601. The first-order chi connectivity index (χ1) is 14.2. The number of aromatic nitrogens is 1. The van der Waals surface area contributed by atoms with Crippen molar-refractivity contribution in [1.82, 2.24) is 14.8 Å². The van der Waals surface area contributed by atoms with Crippen LogP contribution in [0.25, 0.3) is 10.9 Å². The maximum Gasteiger partial charge on any atom is 0.307 e. The predicted octanol–water partition coefficient (Wildman–Crippen LogP) is 2.63. The molecule has 0 amide bonds. The van der Waals surface area contributed by atoms with Crippen molar-refractivity contribution in [2.24, 2.45) is 0 Å². The average Bonchev–Trinajstić information content (AvgIpc) is 2.71. The summed E-state index contributed by atoms with van der Waals surface area (Å²) in [5.74, 6) is 0.600. The number of carbonyl (C=O) groups is 1. The molecular formula is C23H33N3O4. The number of benzene rings is 1. The summed E-state index contributed by atoms with van der Waals surface area (Å²) >= 11 is 0. The van der Waals surface area contributed by atoms with E-state index in [1.165, 1.54) is 0 Å². The van der Waals surface area contributed by atoms with Gasteiger partial charge in [-0.25, -0.2) is 0 Å². The molecule has 30 heavy (non-hydrogen) atoms. The summed E-state index contributed by atoms with van der Waals surface area (Å²) < 4.78 is 10.7. The molecule has 1 aliphatic heterocycles. The number of esters is 1. The minimum Gasteiger partial charge on any atom is -0.497 e. The molecule has 1 aliphatic rings. The third-order valence-electron chi connectivity index (χ3n) is 5.29. The summed E-state index contributed by atoms with van der Waals surface area (Å²) in [4.78, 5) is 20.8. The van der Waals surface area contributed by atoms with Gasteiger partial charge in [-0.2, -0.15) is 0 Å². The second-order valence-electron chi connectivity index (χ2n) is 8.78. The third kappa shape index (κ3) is 6.14. The largest absolute Gasteiger partial charge is 0.497 e. The van der Waals surface area contributed by atoms with Gasteiger partial charge in [0.1, 0.15) is 11.4 Å². The molecule has 3 rings (SSSR count). The lowest BCUT2D eigenvalue weighted by Crippen LogP contribution is -2.48. The molecule has 2 aromatic rings. The van der Waals surface area contributed by atoms with E-state index in [9.17, 15) is 9.90 Å². The van der Waals surface area contributed by atoms with Crippen molar-refractivity contribution in [1.29, 1.82) is 0 Å². The molecule has 1 fully saturated rings. The lowest BCUT2D eigenvalue weighted by atomic mass is 10.0. The van der Waals surface area contributed by atoms with Gasteiger partial charge in [-0.3, -0.25) is 14.7 Å². The van der Waals surface area contributed by atoms with Crippen LogP contribution in [0.1, 0.15) is 38.9 Å². The summed E-state index contributed by atoms with van der Waals surface area (Å²) in [6.07, 6.45) is 1.54. The number of aliphatic hydroxyl groups excluding tert-OH is 1. The van der Waals surface area contributed by atoms with Crippen molar-refractivity contribution in [3.8, 4) is 5.75 Å². The van der Waals surface area contributed by atoms with Crippen LogP contribution in [0.4, 0.5) is 0 Å². The van der Waals surface area contributed by atoms with Gasteiger partial charge >= 0.3 is 5.97 Å². The van der Waals surface area contributed by atoms with Crippen molar-refractivity contribution in [3.05, 3.63) is 36.0 Å². The number of methoxy groups -OCH3 is 1. The van der Waals surface area contributed by atoms with Crippen LogP contribution in [0.2, 0.25) is 0 Å². The van der Waals surface area contributed by atoms with Crippen LogP contribution in [0.5, 0.6) is 5.75 Å². The van der Waals surface area contributed by atoms with Crippen LogP contribution >= 0.6 is 0 Å². The predicted molar refractivity (Wildman–Crippen MR) is 117 cm³/mol. The Bertz CT molecular complexity index is 857. The van der Waals surface area contributed by atoms with Gasteiger partial charge in [-0.15, -0.1) is 0 Å². The number of aliphatic hydroxyl groups is 1. The van der Waals surface area contributed by atoms with Crippen molar-refractivity contribution < 1.29 is 19.4 Å². The number of hydrogen-bond acceptors (Lipinski definition) is 7. The molecule has 1 saturated heterocycles. The number of rotatable bonds is 7. The molecule has 0 aliphatic carbocycles. The van der Waals surface area contributed by atoms with Crippen molar-refractivity contribution in [2.75, 3.05) is 46.4 Å². The van der Waals surface area contributed by atoms with Gasteiger partial charge < -0.3 is 19.5 Å². The Labute approximate surface area is 178 Å². The number of fused-ring (bicyclic) bond motifs is 1. The Morgan fingerprint density at radius 1 is 1.17 bits per heavy atom. The van der Waals surface area contributed by atoms with Crippen LogP contribution in [0.15, 0.2) is 30.5 Å². The van der Waals surface area contributed by atoms with Crippen LogP contribution in [0.3, 0.4) is 0 Å². The molecule has 0 bridgehead atoms. The van der Waals surface area contributed by atoms with Gasteiger partial charge in [-0.1, -0.05) is 0 Å². The fourth-order valence-electron chi connectivity index (χ4n) is 3.74. The lowest BCUT2D eigenvalue weighted by molar-refractivity contribution is -0.155. The first-order valence-electron chi connectivity index (χ1n) is 10.5. The third-order valence-corrected chi connectivity index (χ3v) is 5.29. The first kappa shape index (κ1) is 22.5. The summed E-state index contributed by atoms with van der Waals surface area (Å²) in [5, 5.41) is 11.8. The summed E-state index contributed by atoms with van der Waals surface area (Å²) in [5.41, 5.74) is 1.28. The normalized spacial score (nSPS) is 17.1. The first-order valence-corrected chi connectivity index (χ1v) is 10.5. The molecular weight excluding hydrogens is 382 g/mol. The second-order valence-corrected chi connectivity index (χ2v) is 8.78. The number of β-amino-alcohol motifs (C(OH)–C–C–N with tert-alkyl or cyclic N) is 1. The topological polar surface area (TPSA) is 75.1 Å². The SMILES string of the molecule is COc1ccc2nccc([C@H](O)CN3CCN(CCC(=O)OC(C)(C)C)CC3)c2c1. The highest BCUT2D eigenvalue weighted by Crippen LogP contribution is 2.27. The number of nitrogens with zero attached hydrogens (tertiary/aromatic N) is 3. The Morgan fingerprint density at radius 2 is 1.87 bits per heavy atom. The number of hydrogen-bond donors (Lipinski definition) is 1. The fraction of sp³-hybridized carbons (Fsp3) is 0.565. The van der Waals surface area contributed by atoms with Gasteiger partial charge in [0, 0.05) is 50.9 Å². The van der Waals surface area contributed by atoms with Crippen molar-refractivity contribution >= 4 is 16.9 Å². The van der Waals surface area contributed by atoms with Crippen LogP contribution < -0.4 is 4.74 Å². The smallest absolute Gasteiger partial charge is 0.307 e. The van der Waals surface area contributed by atoms with E-state index in [2.05, 4.69) is 14.8 Å². The number of ether oxygens (including phenoxy) is 2. The minimum absolute atomic E-state index is 0.152. The van der Waals surface area contributed by atoms with E-state index < -0.39 is 11.7 Å². The fourth-order valence-corrected chi connectivity index (χ4v) is 3.74. The molecule has 0 radical (unpaired) electrons. The van der Waals surface area contributed by atoms with Crippen LogP contribution in [-0.4, -0.2) is 77.8 Å². The second kappa shape index (κ2) is 9.73. The van der Waals surface area contributed by atoms with E-state index in [0.717, 1.165) is 48.4 Å². The quantitative estimate of drug-likeness (QED) is 0.697. The summed E-state index contributed by atoms with van der Waals surface area (Å²) in [6.45, 7) is 10.4. The van der Waals surface area contributed by atoms with Gasteiger partial charge in [0.15, 0.2) is 0 Å². The standard InChI is InChI=1S/C23H33N3O4/c1-23(2,3)30-22(28)8-10-25-11-13-26(14-12-25)16-21(27)18-7-9-24-20-6-5-17(29-4)15-19(18)20/h5-7,9,15,21,27H,8,10-14,16H2,1-4H3/t21-/m1/s1. The summed E-state index contributed by atoms with van der Waals surface area (Å²) in [6, 6.07) is 7.59. The van der Waals surface area contributed by atoms with Crippen LogP contribution in [-0.2, 0) is 9.53 Å². The molecule has 7 heteroatoms. The van der Waals surface area contributed by atoms with Crippen molar-refractivity contribution in [2.45, 2.75) is 38.9 Å². The maximum absolute atomic E-state index is 11.9. The Balaban J connectivity index is 1.52. The van der Waals surface area contributed by atoms with E-state index in [4.69, 9.17) is 9.47 Å². The molecule has 0 saturated carbocycles. The van der Waals surface area contributed by atoms with Gasteiger partial charge in [0.2, 0.25) is 0 Å². The average molecular weight is 416 g/mol. The van der Waals surface area contributed by atoms with Gasteiger partial charge in [-0.05, 0) is 50.6 Å². The molecule has 7 nitrogen and oxygen atoms in total. The molecule has 1 N–H and O–H groups in total. The molecule has 1 atom stereocenters. The highest BCUT2D eigenvalue weighted by atomic mass is 16.6. The van der Waals surface area contributed by atoms with Gasteiger partial charge in [0.25, 0.3) is 0 Å². The van der Waals surface area contributed by atoms with Crippen LogP contribution in [0, 0.1) is 0 Å². The van der Waals surface area contributed by atoms with E-state index in [1.54, 1.807) is 13.3 Å². The summed E-state index contributed by atoms with van der Waals surface area (Å²) in [7, 11) is 1.63. The zero-order chi connectivity index (χ0) is 21.7. The zero-order valence-electron chi connectivity index (χ0n) is 18.4. The van der Waals surface area contributed by atoms with E-state index in [1.807, 2.05) is 45.0 Å². The van der Waals surface area contributed by atoms with Crippen molar-refractivity contribution in [3.63, 3.8) is 0 Å². The Kier molecular flexibility index (Phi) is 7.28. The maximum atomic E-state index is 11.9. The lowest BCUT2D eigenvalue weighted by Gasteiger charge is -2.35.